The summed E-state index contributed by atoms with van der Waals surface area (Å²) >= 11 is 0. The second kappa shape index (κ2) is 4.13. The summed E-state index contributed by atoms with van der Waals surface area (Å²) in [5.41, 5.74) is 1.54. The van der Waals surface area contributed by atoms with Crippen LogP contribution in [0.2, 0.25) is 0 Å². The van der Waals surface area contributed by atoms with Gasteiger partial charge in [-0.3, -0.25) is 4.79 Å². The SMILES string of the molecule is COc1cccc2c1OC1C=CC=C3C(=O)N(C)CCC321. The molecule has 0 aromatic heterocycles. The van der Waals surface area contributed by atoms with Crippen LogP contribution in [-0.4, -0.2) is 37.6 Å². The first-order chi connectivity index (χ1) is 10.2. The van der Waals surface area contributed by atoms with Gasteiger partial charge in [-0.15, -0.1) is 0 Å². The van der Waals surface area contributed by atoms with E-state index in [4.69, 9.17) is 9.47 Å². The Bertz CT molecular complexity index is 691. The van der Waals surface area contributed by atoms with Crippen LogP contribution in [0.3, 0.4) is 0 Å². The number of hydrogen-bond donors (Lipinski definition) is 0. The monoisotopic (exact) mass is 283 g/mol. The number of carbonyl (C=O) groups is 1. The number of rotatable bonds is 1. The summed E-state index contributed by atoms with van der Waals surface area (Å²) in [6.07, 6.45) is 6.65. The van der Waals surface area contributed by atoms with E-state index >= 15 is 0 Å². The quantitative estimate of drug-likeness (QED) is 0.792. The average molecular weight is 283 g/mol. The van der Waals surface area contributed by atoms with Crippen molar-refractivity contribution in [2.24, 2.45) is 0 Å². The number of fused-ring (bicyclic) bond motifs is 1. The van der Waals surface area contributed by atoms with Gasteiger partial charge in [-0.1, -0.05) is 24.3 Å². The maximum Gasteiger partial charge on any atom is 0.250 e. The molecule has 21 heavy (non-hydrogen) atoms. The molecule has 0 saturated carbocycles. The van der Waals surface area contributed by atoms with Gasteiger partial charge in [-0.25, -0.2) is 0 Å². The third-order valence-corrected chi connectivity index (χ3v) is 4.86. The van der Waals surface area contributed by atoms with Crippen molar-refractivity contribution in [3.63, 3.8) is 0 Å². The van der Waals surface area contributed by atoms with Gasteiger partial charge in [-0.05, 0) is 18.6 Å². The first-order valence-corrected chi connectivity index (χ1v) is 7.17. The minimum atomic E-state index is -0.359. The minimum absolute atomic E-state index is 0.0925. The average Bonchev–Trinajstić information content (AvgIpc) is 2.85. The zero-order chi connectivity index (χ0) is 14.6. The molecule has 1 aliphatic carbocycles. The van der Waals surface area contributed by atoms with Crippen molar-refractivity contribution in [1.29, 1.82) is 0 Å². The molecular formula is C17H17NO3. The van der Waals surface area contributed by atoms with E-state index in [1.165, 1.54) is 0 Å². The molecule has 1 fully saturated rings. The molecule has 2 aliphatic heterocycles. The van der Waals surface area contributed by atoms with Gasteiger partial charge in [0.05, 0.1) is 12.5 Å². The predicted octanol–water partition coefficient (Wildman–Crippen LogP) is 2.05. The number of likely N-dealkylation sites (tertiary alicyclic amines) is 1. The van der Waals surface area contributed by atoms with Crippen molar-refractivity contribution in [2.45, 2.75) is 17.9 Å². The predicted molar refractivity (Wildman–Crippen MR) is 78.6 cm³/mol. The Kier molecular flexibility index (Phi) is 2.46. The Morgan fingerprint density at radius 1 is 1.43 bits per heavy atom. The Hall–Kier alpha value is -2.23. The molecule has 1 saturated heterocycles. The second-order valence-electron chi connectivity index (χ2n) is 5.79. The van der Waals surface area contributed by atoms with Crippen molar-refractivity contribution < 1.29 is 14.3 Å². The molecule has 4 nitrogen and oxygen atoms in total. The molecule has 2 atom stereocenters. The number of allylic oxidation sites excluding steroid dienone is 2. The molecule has 4 heteroatoms. The molecule has 0 radical (unpaired) electrons. The Morgan fingerprint density at radius 3 is 3.10 bits per heavy atom. The number of ether oxygens (including phenoxy) is 2. The summed E-state index contributed by atoms with van der Waals surface area (Å²) in [5, 5.41) is 0. The number of para-hydroxylation sites is 1. The number of benzene rings is 1. The summed E-state index contributed by atoms with van der Waals surface area (Å²) in [7, 11) is 3.50. The van der Waals surface area contributed by atoms with Crippen LogP contribution in [0.25, 0.3) is 0 Å². The highest BCUT2D eigenvalue weighted by molar-refractivity contribution is 5.98. The fourth-order valence-electron chi connectivity index (χ4n) is 3.76. The molecule has 0 N–H and O–H groups in total. The van der Waals surface area contributed by atoms with Gasteiger partial charge in [0, 0.05) is 24.7 Å². The topological polar surface area (TPSA) is 38.8 Å². The molecule has 1 amide bonds. The van der Waals surface area contributed by atoms with E-state index in [-0.39, 0.29) is 17.4 Å². The Balaban J connectivity index is 1.95. The van der Waals surface area contributed by atoms with Crippen molar-refractivity contribution in [2.75, 3.05) is 20.7 Å². The fraction of sp³-hybridized carbons (Fsp3) is 0.353. The van der Waals surface area contributed by atoms with Crippen LogP contribution in [0, 0.1) is 0 Å². The largest absolute Gasteiger partial charge is 0.493 e. The van der Waals surface area contributed by atoms with E-state index < -0.39 is 0 Å². The van der Waals surface area contributed by atoms with E-state index in [2.05, 4.69) is 6.07 Å². The van der Waals surface area contributed by atoms with Gasteiger partial charge in [0.2, 0.25) is 0 Å². The maximum atomic E-state index is 12.6. The first kappa shape index (κ1) is 12.5. The van der Waals surface area contributed by atoms with Crippen molar-refractivity contribution in [3.05, 3.63) is 47.6 Å². The third-order valence-electron chi connectivity index (χ3n) is 4.86. The lowest BCUT2D eigenvalue weighted by Crippen LogP contribution is -2.52. The van der Waals surface area contributed by atoms with E-state index in [0.29, 0.717) is 0 Å². The number of piperidine rings is 1. The number of amides is 1. The first-order valence-electron chi connectivity index (χ1n) is 7.17. The molecule has 108 valence electrons. The van der Waals surface area contributed by atoms with Crippen molar-refractivity contribution in [3.8, 4) is 11.5 Å². The normalized spacial score (nSPS) is 29.2. The highest BCUT2D eigenvalue weighted by Crippen LogP contribution is 2.56. The smallest absolute Gasteiger partial charge is 0.250 e. The van der Waals surface area contributed by atoms with Crippen LogP contribution >= 0.6 is 0 Å². The van der Waals surface area contributed by atoms with Gasteiger partial charge in [-0.2, -0.15) is 0 Å². The zero-order valence-corrected chi connectivity index (χ0v) is 12.1. The molecule has 1 aromatic carbocycles. The van der Waals surface area contributed by atoms with Crippen LogP contribution in [0.5, 0.6) is 11.5 Å². The summed E-state index contributed by atoms with van der Waals surface area (Å²) in [5.74, 6) is 1.60. The molecule has 0 bridgehead atoms. The van der Waals surface area contributed by atoms with Gasteiger partial charge in [0.25, 0.3) is 5.91 Å². The lowest BCUT2D eigenvalue weighted by molar-refractivity contribution is -0.129. The van der Waals surface area contributed by atoms with Crippen molar-refractivity contribution >= 4 is 5.91 Å². The number of carbonyl (C=O) groups excluding carboxylic acids is 1. The van der Waals surface area contributed by atoms with Crippen LogP contribution in [0.1, 0.15) is 12.0 Å². The van der Waals surface area contributed by atoms with Crippen molar-refractivity contribution in [1.82, 2.24) is 4.90 Å². The van der Waals surface area contributed by atoms with Crippen LogP contribution in [0.15, 0.2) is 42.0 Å². The highest BCUT2D eigenvalue weighted by atomic mass is 16.5. The van der Waals surface area contributed by atoms with Gasteiger partial charge in [0.15, 0.2) is 11.5 Å². The molecule has 1 aromatic rings. The molecule has 2 heterocycles. The highest BCUT2D eigenvalue weighted by Gasteiger charge is 2.56. The zero-order valence-electron chi connectivity index (χ0n) is 12.1. The second-order valence-corrected chi connectivity index (χ2v) is 5.79. The third kappa shape index (κ3) is 1.42. The summed E-state index contributed by atoms with van der Waals surface area (Å²) in [6.45, 7) is 0.737. The number of hydrogen-bond acceptors (Lipinski definition) is 3. The summed E-state index contributed by atoms with van der Waals surface area (Å²) < 4.78 is 11.6. The standard InChI is InChI=1S/C17H17NO3/c1-18-10-9-17-11-5-3-7-13(20-2)15(11)21-14(17)8-4-6-12(17)16(18)19/h3-8,14H,9-10H2,1-2H3. The number of nitrogens with zero attached hydrogens (tertiary/aromatic N) is 1. The van der Waals surface area contributed by atoms with E-state index in [9.17, 15) is 4.79 Å². The molecule has 2 unspecified atom stereocenters. The van der Waals surface area contributed by atoms with E-state index in [1.54, 1.807) is 12.0 Å². The summed E-state index contributed by atoms with van der Waals surface area (Å²) in [6, 6.07) is 5.93. The van der Waals surface area contributed by atoms with E-state index in [1.807, 2.05) is 37.4 Å². The lowest BCUT2D eigenvalue weighted by atomic mass is 9.65. The fourth-order valence-corrected chi connectivity index (χ4v) is 3.76. The van der Waals surface area contributed by atoms with Gasteiger partial charge < -0.3 is 14.4 Å². The van der Waals surface area contributed by atoms with Gasteiger partial charge >= 0.3 is 0 Å². The van der Waals surface area contributed by atoms with Crippen LogP contribution in [-0.2, 0) is 10.2 Å². The molecular weight excluding hydrogens is 266 g/mol. The van der Waals surface area contributed by atoms with Gasteiger partial charge in [0.1, 0.15) is 6.10 Å². The molecule has 4 rings (SSSR count). The Morgan fingerprint density at radius 2 is 2.29 bits per heavy atom. The molecule has 1 spiro atoms. The van der Waals surface area contributed by atoms with Crippen LogP contribution in [0.4, 0.5) is 0 Å². The van der Waals surface area contributed by atoms with E-state index in [0.717, 1.165) is 35.6 Å². The maximum absolute atomic E-state index is 12.6. The van der Waals surface area contributed by atoms with Crippen LogP contribution < -0.4 is 9.47 Å². The summed E-state index contributed by atoms with van der Waals surface area (Å²) in [4.78, 5) is 14.4. The Labute approximate surface area is 123 Å². The lowest BCUT2D eigenvalue weighted by Gasteiger charge is -2.42. The number of likely N-dealkylation sites (N-methyl/N-ethyl adjacent to an activating group) is 1. The molecule has 3 aliphatic rings. The number of methoxy groups -OCH3 is 1. The minimum Gasteiger partial charge on any atom is -0.493 e.